The van der Waals surface area contributed by atoms with Crippen LogP contribution in [0.2, 0.25) is 0 Å². The summed E-state index contributed by atoms with van der Waals surface area (Å²) in [5.74, 6) is -0.503. The molecule has 0 aliphatic carbocycles. The first-order valence-electron chi connectivity index (χ1n) is 7.68. The van der Waals surface area contributed by atoms with Crippen molar-refractivity contribution in [3.63, 3.8) is 0 Å². The molecule has 1 heterocycles. The number of rotatable bonds is 7. The molecule has 7 heteroatoms. The summed E-state index contributed by atoms with van der Waals surface area (Å²) in [4.78, 5) is 30.5. The summed E-state index contributed by atoms with van der Waals surface area (Å²) in [7, 11) is 0. The van der Waals surface area contributed by atoms with Crippen LogP contribution in [0, 0.1) is 12.8 Å². The number of nitrogens with zero attached hydrogens (tertiary/aromatic N) is 1. The van der Waals surface area contributed by atoms with E-state index in [4.69, 9.17) is 10.0 Å². The average molecular weight is 321 g/mol. The van der Waals surface area contributed by atoms with Gasteiger partial charge in [-0.25, -0.2) is 9.69 Å². The van der Waals surface area contributed by atoms with Crippen LogP contribution in [-0.4, -0.2) is 34.3 Å². The summed E-state index contributed by atoms with van der Waals surface area (Å²) in [5, 5.41) is 11.4. The molecule has 3 N–H and O–H groups in total. The van der Waals surface area contributed by atoms with Crippen molar-refractivity contribution in [2.75, 3.05) is 0 Å². The molecule has 23 heavy (non-hydrogen) atoms. The van der Waals surface area contributed by atoms with Crippen LogP contribution in [0.3, 0.4) is 0 Å². The van der Waals surface area contributed by atoms with E-state index in [1.165, 1.54) is 0 Å². The second-order valence-corrected chi connectivity index (χ2v) is 6.08. The van der Waals surface area contributed by atoms with Crippen molar-refractivity contribution in [2.24, 2.45) is 5.92 Å². The van der Waals surface area contributed by atoms with Crippen LogP contribution < -0.4 is 11.0 Å². The number of carbonyl (C=O) groups is 2. The fraction of sp³-hybridized carbons (Fsp3) is 0.500. The molecule has 0 bridgehead atoms. The van der Waals surface area contributed by atoms with Gasteiger partial charge in [0, 0.05) is 5.92 Å². The van der Waals surface area contributed by atoms with Gasteiger partial charge < -0.3 is 5.32 Å². The van der Waals surface area contributed by atoms with Gasteiger partial charge in [-0.15, -0.1) is 0 Å². The summed E-state index contributed by atoms with van der Waals surface area (Å²) >= 11 is 0. The molecule has 0 spiro atoms. The Morgan fingerprint density at radius 3 is 2.74 bits per heavy atom. The van der Waals surface area contributed by atoms with Gasteiger partial charge in [0.05, 0.1) is 0 Å². The molecule has 3 amide bonds. The largest absolute Gasteiger partial charge is 0.327 e. The van der Waals surface area contributed by atoms with Crippen LogP contribution >= 0.6 is 0 Å². The lowest BCUT2D eigenvalue weighted by Crippen LogP contribution is -2.47. The molecular weight excluding hydrogens is 298 g/mol. The van der Waals surface area contributed by atoms with Gasteiger partial charge in [0.1, 0.15) is 6.04 Å². The van der Waals surface area contributed by atoms with Crippen LogP contribution in [0.5, 0.6) is 0 Å². The number of nitrogens with one attached hydrogen (secondary N) is 2. The quantitative estimate of drug-likeness (QED) is 0.526. The number of hydrogen-bond acceptors (Lipinski definition) is 5. The zero-order valence-electron chi connectivity index (χ0n) is 13.6. The van der Waals surface area contributed by atoms with Crippen LogP contribution in [0.4, 0.5) is 4.79 Å². The van der Waals surface area contributed by atoms with E-state index in [1.54, 1.807) is 19.5 Å². The Morgan fingerprint density at radius 2 is 2.13 bits per heavy atom. The lowest BCUT2D eigenvalue weighted by molar-refractivity contribution is -0.208. The molecule has 1 saturated heterocycles. The van der Waals surface area contributed by atoms with E-state index in [2.05, 4.69) is 11.4 Å². The van der Waals surface area contributed by atoms with Gasteiger partial charge in [-0.2, -0.15) is 0 Å². The first-order valence-corrected chi connectivity index (χ1v) is 7.68. The molecule has 1 fully saturated rings. The van der Waals surface area contributed by atoms with Crippen molar-refractivity contribution in [1.82, 2.24) is 15.9 Å². The molecule has 0 aromatic heterocycles. The number of amides is 3. The van der Waals surface area contributed by atoms with Crippen molar-refractivity contribution in [3.05, 3.63) is 35.4 Å². The summed E-state index contributed by atoms with van der Waals surface area (Å²) in [6.07, 6.45) is 0.344. The topological polar surface area (TPSA) is 90.9 Å². The van der Waals surface area contributed by atoms with E-state index in [-0.39, 0.29) is 11.8 Å². The van der Waals surface area contributed by atoms with E-state index in [9.17, 15) is 9.59 Å². The maximum Gasteiger partial charge on any atom is 0.327 e. The van der Waals surface area contributed by atoms with Crippen molar-refractivity contribution >= 4 is 11.9 Å². The van der Waals surface area contributed by atoms with Crippen molar-refractivity contribution in [2.45, 2.75) is 45.9 Å². The highest BCUT2D eigenvalue weighted by molar-refractivity contribution is 6.04. The average Bonchev–Trinajstić information content (AvgIpc) is 2.77. The number of carbonyl (C=O) groups excluding carboxylic acids is 2. The van der Waals surface area contributed by atoms with Crippen molar-refractivity contribution in [1.29, 1.82) is 0 Å². The SMILES string of the molecule is Cc1cccc(CC[C@@H]2NC(=O)N([C@@H](ONO)C(C)C)C2=O)c1. The van der Waals surface area contributed by atoms with E-state index >= 15 is 0 Å². The number of imide groups is 1. The van der Waals surface area contributed by atoms with E-state index in [1.807, 2.05) is 25.1 Å². The minimum Gasteiger partial charge on any atom is -0.326 e. The molecule has 126 valence electrons. The third-order valence-electron chi connectivity index (χ3n) is 3.85. The predicted molar refractivity (Wildman–Crippen MR) is 83.3 cm³/mol. The van der Waals surface area contributed by atoms with Crippen LogP contribution in [0.25, 0.3) is 0 Å². The van der Waals surface area contributed by atoms with E-state index in [0.29, 0.717) is 12.8 Å². The summed E-state index contributed by atoms with van der Waals surface area (Å²) in [6.45, 7) is 5.60. The van der Waals surface area contributed by atoms with Crippen LogP contribution in [-0.2, 0) is 16.1 Å². The zero-order chi connectivity index (χ0) is 17.0. The smallest absolute Gasteiger partial charge is 0.326 e. The Balaban J connectivity index is 2.03. The fourth-order valence-electron chi connectivity index (χ4n) is 2.70. The van der Waals surface area contributed by atoms with Gasteiger partial charge in [0.15, 0.2) is 6.23 Å². The molecule has 0 saturated carbocycles. The Kier molecular flexibility index (Phi) is 5.70. The van der Waals surface area contributed by atoms with Gasteiger partial charge in [-0.3, -0.25) is 14.8 Å². The lowest BCUT2D eigenvalue weighted by Gasteiger charge is -2.26. The van der Waals surface area contributed by atoms with Crippen molar-refractivity contribution in [3.8, 4) is 0 Å². The molecule has 1 aliphatic rings. The van der Waals surface area contributed by atoms with Crippen LogP contribution in [0.1, 0.15) is 31.4 Å². The Hall–Kier alpha value is -1.96. The summed E-state index contributed by atoms with van der Waals surface area (Å²) < 4.78 is 0. The highest BCUT2D eigenvalue weighted by Crippen LogP contribution is 2.20. The molecular formula is C16H23N3O4. The first kappa shape index (κ1) is 17.4. The molecule has 7 nitrogen and oxygen atoms in total. The Labute approximate surface area is 135 Å². The Morgan fingerprint density at radius 1 is 1.39 bits per heavy atom. The number of hydrogen-bond donors (Lipinski definition) is 3. The molecule has 2 rings (SSSR count). The fourth-order valence-corrected chi connectivity index (χ4v) is 2.70. The normalized spacial score (nSPS) is 19.3. The second kappa shape index (κ2) is 7.54. The third-order valence-corrected chi connectivity index (χ3v) is 3.85. The lowest BCUT2D eigenvalue weighted by atomic mass is 10.0. The monoisotopic (exact) mass is 321 g/mol. The maximum absolute atomic E-state index is 12.5. The number of benzene rings is 1. The minimum absolute atomic E-state index is 0.167. The standard InChI is InChI=1S/C16H23N3O4/c1-10(2)15(23-18-22)19-14(20)13(17-16(19)21)8-7-12-6-4-5-11(3)9-12/h4-6,9-10,13,15,18,22H,7-8H2,1-3H3,(H,17,21)/t13-,15-/m0/s1. The maximum atomic E-state index is 12.5. The number of urea groups is 1. The first-order chi connectivity index (χ1) is 10.9. The highest BCUT2D eigenvalue weighted by atomic mass is 16.8. The van der Waals surface area contributed by atoms with E-state index < -0.39 is 18.3 Å². The predicted octanol–water partition coefficient (Wildman–Crippen LogP) is 1.74. The highest BCUT2D eigenvalue weighted by Gasteiger charge is 2.43. The Bertz CT molecular complexity index is 576. The van der Waals surface area contributed by atoms with E-state index in [0.717, 1.165) is 16.0 Å². The summed E-state index contributed by atoms with van der Waals surface area (Å²) in [6, 6.07) is 6.97. The van der Waals surface area contributed by atoms with Gasteiger partial charge in [-0.05, 0) is 25.3 Å². The van der Waals surface area contributed by atoms with Gasteiger partial charge >= 0.3 is 6.03 Å². The molecule has 1 aromatic carbocycles. The molecule has 0 unspecified atom stereocenters. The zero-order valence-corrected chi connectivity index (χ0v) is 13.6. The molecule has 1 aromatic rings. The summed E-state index contributed by atoms with van der Waals surface area (Å²) in [5.41, 5.74) is 3.86. The number of aryl methyl sites for hydroxylation is 2. The van der Waals surface area contributed by atoms with Crippen LogP contribution in [0.15, 0.2) is 24.3 Å². The second-order valence-electron chi connectivity index (χ2n) is 6.08. The third kappa shape index (κ3) is 4.07. The van der Waals surface area contributed by atoms with Gasteiger partial charge in [-0.1, -0.05) is 49.3 Å². The minimum atomic E-state index is -0.864. The molecule has 0 radical (unpaired) electrons. The van der Waals surface area contributed by atoms with Gasteiger partial charge in [0.25, 0.3) is 5.91 Å². The molecule has 1 aliphatic heterocycles. The molecule has 2 atom stereocenters. The van der Waals surface area contributed by atoms with Crippen molar-refractivity contribution < 1.29 is 19.6 Å². The van der Waals surface area contributed by atoms with Gasteiger partial charge in [0.2, 0.25) is 0 Å².